The van der Waals surface area contributed by atoms with Crippen LogP contribution in [0.2, 0.25) is 0 Å². The number of hydrogen-bond donors (Lipinski definition) is 0. The normalized spacial score (nSPS) is 13.7. The molecule has 0 aromatic heterocycles. The van der Waals surface area contributed by atoms with Crippen LogP contribution in [0.1, 0.15) is 42.9 Å². The third-order valence-corrected chi connectivity index (χ3v) is 3.44. The van der Waals surface area contributed by atoms with Gasteiger partial charge in [0.15, 0.2) is 0 Å². The van der Waals surface area contributed by atoms with Crippen LogP contribution in [0.25, 0.3) is 0 Å². The topological polar surface area (TPSA) is 0 Å². The lowest BCUT2D eigenvalue weighted by Crippen LogP contribution is -2.07. The summed E-state index contributed by atoms with van der Waals surface area (Å²) < 4.78 is 37.5. The van der Waals surface area contributed by atoms with Gasteiger partial charge in [0.05, 0.1) is 5.56 Å². The second kappa shape index (κ2) is 6.46. The van der Waals surface area contributed by atoms with Gasteiger partial charge in [-0.25, -0.2) is 0 Å². The molecule has 0 aliphatic carbocycles. The van der Waals surface area contributed by atoms with E-state index in [1.165, 1.54) is 6.07 Å². The highest BCUT2D eigenvalue weighted by atomic mass is 35.5. The zero-order valence-corrected chi connectivity index (χ0v) is 11.4. The van der Waals surface area contributed by atoms with Crippen molar-refractivity contribution < 1.29 is 13.2 Å². The highest BCUT2D eigenvalue weighted by Crippen LogP contribution is 2.30. The highest BCUT2D eigenvalue weighted by Gasteiger charge is 2.30. The third-order valence-electron chi connectivity index (χ3n) is 3.00. The average Bonchev–Trinajstić information content (AvgIpc) is 2.26. The average molecular weight is 279 g/mol. The number of aryl methyl sites for hydroxylation is 2. The Morgan fingerprint density at radius 3 is 2.39 bits per heavy atom. The maximum absolute atomic E-state index is 12.5. The van der Waals surface area contributed by atoms with E-state index in [0.717, 1.165) is 37.3 Å². The molecule has 1 unspecified atom stereocenters. The largest absolute Gasteiger partial charge is 0.416 e. The summed E-state index contributed by atoms with van der Waals surface area (Å²) in [5.41, 5.74) is 1.05. The van der Waals surface area contributed by atoms with Crippen molar-refractivity contribution in [2.75, 3.05) is 0 Å². The summed E-state index contributed by atoms with van der Waals surface area (Å²) in [7, 11) is 0. The Balaban J connectivity index is 2.69. The Morgan fingerprint density at radius 1 is 1.22 bits per heavy atom. The predicted molar refractivity (Wildman–Crippen MR) is 69.1 cm³/mol. The van der Waals surface area contributed by atoms with Crippen LogP contribution in [0.3, 0.4) is 0 Å². The number of hydrogen-bond acceptors (Lipinski definition) is 0. The minimum absolute atomic E-state index is 0.108. The van der Waals surface area contributed by atoms with Crippen molar-refractivity contribution in [1.29, 1.82) is 0 Å². The molecule has 1 rings (SSSR count). The Kier molecular flexibility index (Phi) is 5.51. The molecule has 1 aromatic rings. The van der Waals surface area contributed by atoms with Gasteiger partial charge in [-0.15, -0.1) is 11.6 Å². The summed E-state index contributed by atoms with van der Waals surface area (Å²) in [5, 5.41) is 0.108. The van der Waals surface area contributed by atoms with E-state index in [0.29, 0.717) is 5.56 Å². The molecule has 0 amide bonds. The molecule has 0 radical (unpaired) electrons. The zero-order valence-electron chi connectivity index (χ0n) is 10.6. The summed E-state index contributed by atoms with van der Waals surface area (Å²) in [5.74, 6) is 0. The van der Waals surface area contributed by atoms with Crippen molar-refractivity contribution in [3.8, 4) is 0 Å². The maximum atomic E-state index is 12.5. The number of rotatable bonds is 5. The Bertz CT molecular complexity index is 385. The molecule has 0 fully saturated rings. The fourth-order valence-corrected chi connectivity index (χ4v) is 2.25. The molecule has 0 saturated carbocycles. The molecule has 0 nitrogen and oxygen atoms in total. The predicted octanol–water partition coefficient (Wildman–Crippen LogP) is 5.35. The van der Waals surface area contributed by atoms with Gasteiger partial charge in [0.25, 0.3) is 0 Å². The van der Waals surface area contributed by atoms with Gasteiger partial charge in [-0.05, 0) is 49.4 Å². The highest BCUT2D eigenvalue weighted by molar-refractivity contribution is 6.20. The fraction of sp³-hybridized carbons (Fsp3) is 0.571. The quantitative estimate of drug-likeness (QED) is 0.637. The van der Waals surface area contributed by atoms with Crippen molar-refractivity contribution in [1.82, 2.24) is 0 Å². The zero-order chi connectivity index (χ0) is 13.8. The maximum Gasteiger partial charge on any atom is 0.416 e. The second-order valence-corrected chi connectivity index (χ2v) is 5.18. The summed E-state index contributed by atoms with van der Waals surface area (Å²) in [6, 6.07) is 3.91. The lowest BCUT2D eigenvalue weighted by atomic mass is 9.99. The lowest BCUT2D eigenvalue weighted by molar-refractivity contribution is -0.137. The molecule has 0 spiro atoms. The van der Waals surface area contributed by atoms with Crippen molar-refractivity contribution in [3.63, 3.8) is 0 Å². The molecule has 102 valence electrons. The minimum Gasteiger partial charge on any atom is -0.166 e. The van der Waals surface area contributed by atoms with Crippen molar-refractivity contribution in [3.05, 3.63) is 34.9 Å². The Labute approximate surface area is 111 Å². The van der Waals surface area contributed by atoms with Crippen LogP contribution >= 0.6 is 11.6 Å². The Hall–Kier alpha value is -0.700. The van der Waals surface area contributed by atoms with Crippen LogP contribution in [0.15, 0.2) is 18.2 Å². The first-order valence-electron chi connectivity index (χ1n) is 6.15. The van der Waals surface area contributed by atoms with Gasteiger partial charge in [-0.1, -0.05) is 19.4 Å². The fourth-order valence-electron chi connectivity index (χ4n) is 1.92. The molecule has 18 heavy (non-hydrogen) atoms. The van der Waals surface area contributed by atoms with Crippen LogP contribution in [0.4, 0.5) is 13.2 Å². The first-order valence-corrected chi connectivity index (χ1v) is 6.59. The first kappa shape index (κ1) is 15.4. The van der Waals surface area contributed by atoms with E-state index in [-0.39, 0.29) is 5.38 Å². The summed E-state index contributed by atoms with van der Waals surface area (Å²) in [6.07, 6.45) is -0.748. The van der Waals surface area contributed by atoms with Gasteiger partial charge in [0.1, 0.15) is 0 Å². The van der Waals surface area contributed by atoms with Gasteiger partial charge >= 0.3 is 6.18 Å². The van der Waals surface area contributed by atoms with Gasteiger partial charge in [0, 0.05) is 5.38 Å². The molecular weight excluding hydrogens is 261 g/mol. The molecule has 0 bridgehead atoms. The molecule has 0 saturated heterocycles. The van der Waals surface area contributed by atoms with E-state index in [1.54, 1.807) is 13.0 Å². The van der Waals surface area contributed by atoms with E-state index in [4.69, 9.17) is 11.6 Å². The number of alkyl halides is 4. The minimum atomic E-state index is -4.26. The molecule has 0 aliphatic heterocycles. The molecule has 1 atom stereocenters. The standard InChI is InChI=1S/C14H18ClF3/c1-3-4-13(15)8-6-11-5-7-12(9-10(11)2)14(16,17)18/h5,7,9,13H,3-4,6,8H2,1-2H3. The van der Waals surface area contributed by atoms with Gasteiger partial charge < -0.3 is 0 Å². The smallest absolute Gasteiger partial charge is 0.166 e. The summed E-state index contributed by atoms with van der Waals surface area (Å²) >= 11 is 6.11. The van der Waals surface area contributed by atoms with Crippen LogP contribution < -0.4 is 0 Å². The second-order valence-electron chi connectivity index (χ2n) is 4.56. The van der Waals surface area contributed by atoms with Crippen molar-refractivity contribution in [2.24, 2.45) is 0 Å². The van der Waals surface area contributed by atoms with E-state index in [9.17, 15) is 13.2 Å². The van der Waals surface area contributed by atoms with Crippen molar-refractivity contribution >= 4 is 11.6 Å². The van der Waals surface area contributed by atoms with Crippen molar-refractivity contribution in [2.45, 2.75) is 51.1 Å². The van der Waals surface area contributed by atoms with Crippen LogP contribution in [0.5, 0.6) is 0 Å². The molecule has 4 heteroatoms. The van der Waals surface area contributed by atoms with Crippen LogP contribution in [0, 0.1) is 6.92 Å². The summed E-state index contributed by atoms with van der Waals surface area (Å²) in [6.45, 7) is 3.78. The molecule has 0 heterocycles. The van der Waals surface area contributed by atoms with Gasteiger partial charge in [-0.3, -0.25) is 0 Å². The third kappa shape index (κ3) is 4.52. The SMILES string of the molecule is CCCC(Cl)CCc1ccc(C(F)(F)F)cc1C. The monoisotopic (exact) mass is 278 g/mol. The lowest BCUT2D eigenvalue weighted by Gasteiger charge is -2.12. The number of halogens is 4. The van der Waals surface area contributed by atoms with Crippen LogP contribution in [-0.4, -0.2) is 5.38 Å². The number of benzene rings is 1. The van der Waals surface area contributed by atoms with Gasteiger partial charge in [0.2, 0.25) is 0 Å². The Morgan fingerprint density at radius 2 is 1.89 bits per heavy atom. The molecule has 0 aliphatic rings. The van der Waals surface area contributed by atoms with Gasteiger partial charge in [-0.2, -0.15) is 13.2 Å². The van der Waals surface area contributed by atoms with E-state index >= 15 is 0 Å². The molecule has 0 N–H and O–H groups in total. The van der Waals surface area contributed by atoms with E-state index < -0.39 is 11.7 Å². The van der Waals surface area contributed by atoms with E-state index in [1.807, 2.05) is 0 Å². The molecular formula is C14H18ClF3. The first-order chi connectivity index (χ1) is 8.34. The van der Waals surface area contributed by atoms with Crippen LogP contribution in [-0.2, 0) is 12.6 Å². The summed E-state index contributed by atoms with van der Waals surface area (Å²) in [4.78, 5) is 0. The van der Waals surface area contributed by atoms with E-state index in [2.05, 4.69) is 6.92 Å². The molecule has 1 aromatic carbocycles.